The van der Waals surface area contributed by atoms with Gasteiger partial charge in [-0.25, -0.2) is 4.98 Å². The van der Waals surface area contributed by atoms with Crippen molar-refractivity contribution in [3.05, 3.63) is 70.6 Å². The summed E-state index contributed by atoms with van der Waals surface area (Å²) in [6, 6.07) is 10.5. The number of fused-ring (bicyclic) bond motifs is 1. The molecule has 6 nitrogen and oxygen atoms in total. The fourth-order valence-electron chi connectivity index (χ4n) is 2.59. The van der Waals surface area contributed by atoms with Crippen LogP contribution in [0.5, 0.6) is 0 Å². The molecule has 0 bridgehead atoms. The number of imidazole rings is 1. The molecule has 0 unspecified atom stereocenters. The van der Waals surface area contributed by atoms with E-state index in [4.69, 9.17) is 16.3 Å². The highest BCUT2D eigenvalue weighted by atomic mass is 35.5. The van der Waals surface area contributed by atoms with Crippen LogP contribution in [0, 0.1) is 6.92 Å². The Labute approximate surface area is 162 Å². The second-order valence-corrected chi connectivity index (χ2v) is 6.67. The molecule has 0 aliphatic rings. The molecule has 0 aliphatic heterocycles. The maximum atomic E-state index is 11.9. The molecular formula is C20H20ClN3O3. The van der Waals surface area contributed by atoms with Gasteiger partial charge in [0.2, 0.25) is 0 Å². The van der Waals surface area contributed by atoms with Gasteiger partial charge in [-0.05, 0) is 49.2 Å². The van der Waals surface area contributed by atoms with Crippen LogP contribution in [-0.2, 0) is 16.1 Å². The summed E-state index contributed by atoms with van der Waals surface area (Å²) in [5, 5.41) is 3.34. The van der Waals surface area contributed by atoms with Crippen molar-refractivity contribution in [1.29, 1.82) is 0 Å². The third-order valence-corrected chi connectivity index (χ3v) is 4.23. The predicted molar refractivity (Wildman–Crippen MR) is 103 cm³/mol. The summed E-state index contributed by atoms with van der Waals surface area (Å²) in [6.07, 6.45) is 4.55. The highest BCUT2D eigenvalue weighted by molar-refractivity contribution is 6.30. The van der Waals surface area contributed by atoms with Gasteiger partial charge in [0, 0.05) is 35.9 Å². The van der Waals surface area contributed by atoms with Crippen molar-refractivity contribution in [1.82, 2.24) is 14.7 Å². The lowest BCUT2D eigenvalue weighted by atomic mass is 10.2. The number of pyridine rings is 1. The minimum absolute atomic E-state index is 0.136. The second kappa shape index (κ2) is 8.68. The van der Waals surface area contributed by atoms with Crippen LogP contribution in [0.15, 0.2) is 48.8 Å². The van der Waals surface area contributed by atoms with E-state index in [0.717, 1.165) is 11.2 Å². The SMILES string of the molecule is Cc1ccc2nc(COC(=O)CCCNC(=O)c3ccc(Cl)cc3)cn2c1. The quantitative estimate of drug-likeness (QED) is 0.498. The number of aromatic nitrogens is 2. The van der Waals surface area contributed by atoms with Gasteiger partial charge >= 0.3 is 5.97 Å². The second-order valence-electron chi connectivity index (χ2n) is 6.23. The molecule has 3 rings (SSSR count). The summed E-state index contributed by atoms with van der Waals surface area (Å²) < 4.78 is 7.16. The number of carbonyl (C=O) groups is 2. The van der Waals surface area contributed by atoms with Crippen LogP contribution in [0.2, 0.25) is 5.02 Å². The topological polar surface area (TPSA) is 72.7 Å². The number of benzene rings is 1. The van der Waals surface area contributed by atoms with E-state index >= 15 is 0 Å². The lowest BCUT2D eigenvalue weighted by Crippen LogP contribution is -2.24. The predicted octanol–water partition coefficient (Wildman–Crippen LogP) is 3.55. The zero-order valence-corrected chi connectivity index (χ0v) is 15.7. The molecule has 0 spiro atoms. The van der Waals surface area contributed by atoms with Crippen LogP contribution in [0.3, 0.4) is 0 Å². The maximum Gasteiger partial charge on any atom is 0.306 e. The first kappa shape index (κ1) is 18.9. The van der Waals surface area contributed by atoms with Crippen molar-refractivity contribution in [2.45, 2.75) is 26.4 Å². The molecule has 0 atom stereocenters. The lowest BCUT2D eigenvalue weighted by molar-refractivity contribution is -0.145. The van der Waals surface area contributed by atoms with Crippen LogP contribution in [0.25, 0.3) is 5.65 Å². The number of carbonyl (C=O) groups excluding carboxylic acids is 2. The molecule has 2 heterocycles. The molecule has 0 saturated heterocycles. The molecule has 3 aromatic rings. The van der Waals surface area contributed by atoms with Gasteiger partial charge in [0.25, 0.3) is 5.91 Å². The van der Waals surface area contributed by atoms with Gasteiger partial charge in [0.1, 0.15) is 12.3 Å². The number of nitrogens with zero attached hydrogens (tertiary/aromatic N) is 2. The van der Waals surface area contributed by atoms with Crippen LogP contribution >= 0.6 is 11.6 Å². The molecule has 27 heavy (non-hydrogen) atoms. The smallest absolute Gasteiger partial charge is 0.306 e. The third kappa shape index (κ3) is 5.31. The minimum atomic E-state index is -0.316. The molecule has 140 valence electrons. The average Bonchev–Trinajstić information content (AvgIpc) is 3.06. The van der Waals surface area contributed by atoms with Crippen LogP contribution in [0.1, 0.15) is 34.5 Å². The fraction of sp³-hybridized carbons (Fsp3) is 0.250. The summed E-state index contributed by atoms with van der Waals surface area (Å²) in [4.78, 5) is 28.2. The molecule has 1 N–H and O–H groups in total. The number of nitrogens with one attached hydrogen (secondary N) is 1. The average molecular weight is 386 g/mol. The van der Waals surface area contributed by atoms with Crippen molar-refractivity contribution in [3.63, 3.8) is 0 Å². The van der Waals surface area contributed by atoms with Gasteiger partial charge in [0.15, 0.2) is 0 Å². The Bertz CT molecular complexity index is 951. The number of hydrogen-bond donors (Lipinski definition) is 1. The number of rotatable bonds is 7. The highest BCUT2D eigenvalue weighted by Gasteiger charge is 2.08. The lowest BCUT2D eigenvalue weighted by Gasteiger charge is -2.06. The van der Waals surface area contributed by atoms with Crippen molar-refractivity contribution in [3.8, 4) is 0 Å². The number of halogens is 1. The van der Waals surface area contributed by atoms with E-state index in [1.807, 2.05) is 35.9 Å². The normalized spacial score (nSPS) is 10.7. The Morgan fingerprint density at radius 2 is 1.93 bits per heavy atom. The van der Waals surface area contributed by atoms with Gasteiger partial charge in [-0.2, -0.15) is 0 Å². The minimum Gasteiger partial charge on any atom is -0.459 e. The first-order valence-corrected chi connectivity index (χ1v) is 9.03. The first-order valence-electron chi connectivity index (χ1n) is 8.65. The van der Waals surface area contributed by atoms with Gasteiger partial charge < -0.3 is 14.5 Å². The van der Waals surface area contributed by atoms with Gasteiger partial charge in [0.05, 0.1) is 5.69 Å². The Morgan fingerprint density at radius 3 is 2.70 bits per heavy atom. The number of hydrogen-bond acceptors (Lipinski definition) is 4. The molecule has 7 heteroatoms. The number of ether oxygens (including phenoxy) is 1. The molecule has 2 aromatic heterocycles. The molecular weight excluding hydrogens is 366 g/mol. The standard InChI is InChI=1S/C20H20ClN3O3/c1-14-4-9-18-23-17(12-24(18)11-14)13-27-19(25)3-2-10-22-20(26)15-5-7-16(21)8-6-15/h4-9,11-12H,2-3,10,13H2,1H3,(H,22,26). The fourth-order valence-corrected chi connectivity index (χ4v) is 2.72. The van der Waals surface area contributed by atoms with E-state index in [2.05, 4.69) is 10.3 Å². The number of esters is 1. The Balaban J connectivity index is 1.38. The Hall–Kier alpha value is -2.86. The van der Waals surface area contributed by atoms with Crippen molar-refractivity contribution in [2.24, 2.45) is 0 Å². The van der Waals surface area contributed by atoms with Crippen LogP contribution in [0.4, 0.5) is 0 Å². The van der Waals surface area contributed by atoms with Crippen molar-refractivity contribution in [2.75, 3.05) is 6.54 Å². The van der Waals surface area contributed by atoms with Gasteiger partial charge in [-0.1, -0.05) is 17.7 Å². The highest BCUT2D eigenvalue weighted by Crippen LogP contribution is 2.10. The van der Waals surface area contributed by atoms with Crippen LogP contribution in [-0.4, -0.2) is 27.8 Å². The van der Waals surface area contributed by atoms with E-state index in [0.29, 0.717) is 29.2 Å². The van der Waals surface area contributed by atoms with Gasteiger partial charge in [-0.3, -0.25) is 9.59 Å². The molecule has 0 saturated carbocycles. The van der Waals surface area contributed by atoms with E-state index in [9.17, 15) is 9.59 Å². The Morgan fingerprint density at radius 1 is 1.15 bits per heavy atom. The van der Waals surface area contributed by atoms with Crippen molar-refractivity contribution >= 4 is 29.1 Å². The number of amides is 1. The molecule has 1 amide bonds. The first-order chi connectivity index (χ1) is 13.0. The van der Waals surface area contributed by atoms with Crippen molar-refractivity contribution < 1.29 is 14.3 Å². The van der Waals surface area contributed by atoms with E-state index in [1.165, 1.54) is 0 Å². The summed E-state index contributed by atoms with van der Waals surface area (Å²) in [5.41, 5.74) is 3.18. The summed E-state index contributed by atoms with van der Waals surface area (Å²) >= 11 is 5.79. The summed E-state index contributed by atoms with van der Waals surface area (Å²) in [6.45, 7) is 2.53. The maximum absolute atomic E-state index is 11.9. The number of aryl methyl sites for hydroxylation is 1. The molecule has 0 fully saturated rings. The molecule has 0 aliphatic carbocycles. The van der Waals surface area contributed by atoms with Crippen LogP contribution < -0.4 is 5.32 Å². The molecule has 1 aromatic carbocycles. The largest absolute Gasteiger partial charge is 0.459 e. The Kier molecular flexibility index (Phi) is 6.08. The monoisotopic (exact) mass is 385 g/mol. The molecule has 0 radical (unpaired) electrons. The zero-order valence-electron chi connectivity index (χ0n) is 14.9. The van der Waals surface area contributed by atoms with E-state index < -0.39 is 0 Å². The summed E-state index contributed by atoms with van der Waals surface area (Å²) in [7, 11) is 0. The third-order valence-electron chi connectivity index (χ3n) is 3.98. The van der Waals surface area contributed by atoms with Gasteiger partial charge in [-0.15, -0.1) is 0 Å². The zero-order chi connectivity index (χ0) is 19.2. The van der Waals surface area contributed by atoms with E-state index in [1.54, 1.807) is 24.3 Å². The van der Waals surface area contributed by atoms with E-state index in [-0.39, 0.29) is 24.9 Å². The summed E-state index contributed by atoms with van der Waals surface area (Å²) in [5.74, 6) is -0.510.